The Balaban J connectivity index is 1.90. The average molecular weight is 286 g/mol. The zero-order chi connectivity index (χ0) is 13.1. The molecule has 0 atom stereocenters. The first-order valence-corrected chi connectivity index (χ1v) is 7.44. The first-order valence-electron chi connectivity index (χ1n) is 6.03. The maximum atomic E-state index is 5.78. The van der Waals surface area contributed by atoms with Crippen molar-refractivity contribution in [2.24, 2.45) is 0 Å². The van der Waals surface area contributed by atoms with Crippen LogP contribution in [0.4, 0.5) is 0 Å². The molecule has 1 heterocycles. The minimum absolute atomic E-state index is 0.479. The van der Waals surface area contributed by atoms with E-state index in [1.165, 1.54) is 11.1 Å². The van der Waals surface area contributed by atoms with Crippen LogP contribution in [0, 0.1) is 0 Å². The first-order chi connectivity index (χ1) is 9.36. The topological polar surface area (TPSA) is 12.9 Å². The van der Waals surface area contributed by atoms with E-state index >= 15 is 0 Å². The van der Waals surface area contributed by atoms with Gasteiger partial charge in [-0.2, -0.15) is 0 Å². The Morgan fingerprint density at radius 2 is 1.47 bits per heavy atom. The summed E-state index contributed by atoms with van der Waals surface area (Å²) in [5, 5.41) is 3.01. The molecular formula is C16H12ClNS. The molecule has 0 aliphatic carbocycles. The van der Waals surface area contributed by atoms with E-state index in [9.17, 15) is 0 Å². The molecule has 1 aromatic heterocycles. The molecule has 0 spiro atoms. The van der Waals surface area contributed by atoms with Gasteiger partial charge >= 0.3 is 0 Å². The molecule has 3 aromatic rings. The van der Waals surface area contributed by atoms with Gasteiger partial charge in [0.2, 0.25) is 0 Å². The van der Waals surface area contributed by atoms with Gasteiger partial charge in [-0.15, -0.1) is 22.9 Å². The smallest absolute Gasteiger partial charge is 0.108 e. The lowest BCUT2D eigenvalue weighted by atomic mass is 10.0. The highest BCUT2D eigenvalue weighted by Gasteiger charge is 2.04. The highest BCUT2D eigenvalue weighted by Crippen LogP contribution is 2.26. The van der Waals surface area contributed by atoms with Gasteiger partial charge in [0.1, 0.15) is 5.01 Å². The van der Waals surface area contributed by atoms with E-state index in [4.69, 9.17) is 11.6 Å². The van der Waals surface area contributed by atoms with Gasteiger partial charge in [0.15, 0.2) is 0 Å². The van der Waals surface area contributed by atoms with Crippen LogP contribution in [0.5, 0.6) is 0 Å². The summed E-state index contributed by atoms with van der Waals surface area (Å²) in [6, 6.07) is 18.8. The van der Waals surface area contributed by atoms with Gasteiger partial charge in [0, 0.05) is 10.9 Å². The van der Waals surface area contributed by atoms with Crippen LogP contribution >= 0.6 is 22.9 Å². The van der Waals surface area contributed by atoms with Crippen LogP contribution < -0.4 is 0 Å². The third kappa shape index (κ3) is 2.70. The van der Waals surface area contributed by atoms with Crippen molar-refractivity contribution in [2.75, 3.05) is 0 Å². The van der Waals surface area contributed by atoms with Crippen LogP contribution in [0.25, 0.3) is 22.4 Å². The molecule has 0 aliphatic heterocycles. The van der Waals surface area contributed by atoms with Crippen LogP contribution in [0.1, 0.15) is 5.01 Å². The lowest BCUT2D eigenvalue weighted by Gasteiger charge is -2.02. The fourth-order valence-electron chi connectivity index (χ4n) is 1.97. The van der Waals surface area contributed by atoms with Crippen LogP contribution in [0.3, 0.4) is 0 Å². The number of hydrogen-bond acceptors (Lipinski definition) is 2. The Labute approximate surface area is 121 Å². The van der Waals surface area contributed by atoms with E-state index in [1.807, 2.05) is 6.07 Å². The third-order valence-electron chi connectivity index (χ3n) is 2.95. The predicted molar refractivity (Wildman–Crippen MR) is 82.5 cm³/mol. The lowest BCUT2D eigenvalue weighted by molar-refractivity contribution is 1.26. The van der Waals surface area contributed by atoms with Gasteiger partial charge in [0.05, 0.1) is 11.6 Å². The molecule has 0 saturated heterocycles. The number of hydrogen-bond donors (Lipinski definition) is 0. The molecule has 0 amide bonds. The Hall–Kier alpha value is -1.64. The summed E-state index contributed by atoms with van der Waals surface area (Å²) >= 11 is 7.38. The van der Waals surface area contributed by atoms with Crippen LogP contribution in [0.15, 0.2) is 60.0 Å². The molecule has 3 heteroatoms. The fraction of sp³-hybridized carbons (Fsp3) is 0.0625. The molecule has 1 nitrogen and oxygen atoms in total. The molecule has 0 bridgehead atoms. The van der Waals surface area contributed by atoms with Crippen molar-refractivity contribution >= 4 is 22.9 Å². The molecule has 0 N–H and O–H groups in total. The number of benzene rings is 2. The van der Waals surface area contributed by atoms with Crippen LogP contribution in [-0.4, -0.2) is 4.98 Å². The SMILES string of the molecule is ClCc1nc(-c2ccc(-c3ccccc3)cc2)cs1. The summed E-state index contributed by atoms with van der Waals surface area (Å²) < 4.78 is 0. The van der Waals surface area contributed by atoms with Crippen molar-refractivity contribution in [3.05, 3.63) is 65.0 Å². The van der Waals surface area contributed by atoms with Crippen molar-refractivity contribution in [2.45, 2.75) is 5.88 Å². The molecule has 0 fully saturated rings. The summed E-state index contributed by atoms with van der Waals surface area (Å²) in [7, 11) is 0. The quantitative estimate of drug-likeness (QED) is 0.602. The van der Waals surface area contributed by atoms with Gasteiger partial charge in [-0.05, 0) is 11.1 Å². The van der Waals surface area contributed by atoms with Crippen molar-refractivity contribution in [1.82, 2.24) is 4.98 Å². The highest BCUT2D eigenvalue weighted by atomic mass is 35.5. The lowest BCUT2D eigenvalue weighted by Crippen LogP contribution is -1.81. The minimum Gasteiger partial charge on any atom is -0.240 e. The summed E-state index contributed by atoms with van der Waals surface area (Å²) in [6.45, 7) is 0. The molecule has 0 aliphatic rings. The molecule has 0 radical (unpaired) electrons. The maximum Gasteiger partial charge on any atom is 0.108 e. The second-order valence-electron chi connectivity index (χ2n) is 4.20. The van der Waals surface area contributed by atoms with Crippen molar-refractivity contribution < 1.29 is 0 Å². The number of alkyl halides is 1. The Morgan fingerprint density at radius 3 is 2.11 bits per heavy atom. The van der Waals surface area contributed by atoms with Crippen molar-refractivity contribution in [3.8, 4) is 22.4 Å². The normalized spacial score (nSPS) is 10.6. The minimum atomic E-state index is 0.479. The first kappa shape index (κ1) is 12.4. The number of aromatic nitrogens is 1. The summed E-state index contributed by atoms with van der Waals surface area (Å²) in [5.74, 6) is 0.479. The van der Waals surface area contributed by atoms with Crippen molar-refractivity contribution in [3.63, 3.8) is 0 Å². The van der Waals surface area contributed by atoms with Gasteiger partial charge in [0.25, 0.3) is 0 Å². The Morgan fingerprint density at radius 1 is 0.842 bits per heavy atom. The van der Waals surface area contributed by atoms with E-state index < -0.39 is 0 Å². The third-order valence-corrected chi connectivity index (χ3v) is 4.21. The predicted octanol–water partition coefficient (Wildman–Crippen LogP) is 5.22. The summed E-state index contributed by atoms with van der Waals surface area (Å²) in [5.41, 5.74) is 4.58. The monoisotopic (exact) mass is 285 g/mol. The molecule has 19 heavy (non-hydrogen) atoms. The van der Waals surface area contributed by atoms with Crippen molar-refractivity contribution in [1.29, 1.82) is 0 Å². The highest BCUT2D eigenvalue weighted by molar-refractivity contribution is 7.10. The zero-order valence-corrected chi connectivity index (χ0v) is 11.8. The number of rotatable bonds is 3. The molecule has 94 valence electrons. The van der Waals surface area contributed by atoms with Gasteiger partial charge in [-0.1, -0.05) is 54.6 Å². The average Bonchev–Trinajstić information content (AvgIpc) is 2.97. The van der Waals surface area contributed by atoms with Crippen LogP contribution in [-0.2, 0) is 5.88 Å². The molecule has 2 aromatic carbocycles. The largest absolute Gasteiger partial charge is 0.240 e. The standard InChI is InChI=1S/C16H12ClNS/c17-10-16-18-15(11-19-16)14-8-6-13(7-9-14)12-4-2-1-3-5-12/h1-9,11H,10H2. The second-order valence-corrected chi connectivity index (χ2v) is 5.41. The zero-order valence-electron chi connectivity index (χ0n) is 10.2. The molecule has 3 rings (SSSR count). The molecular weight excluding hydrogens is 274 g/mol. The second kappa shape index (κ2) is 5.55. The van der Waals surface area contributed by atoms with Crippen LogP contribution in [0.2, 0.25) is 0 Å². The van der Waals surface area contributed by atoms with Gasteiger partial charge in [-0.3, -0.25) is 0 Å². The van der Waals surface area contributed by atoms with E-state index in [2.05, 4.69) is 58.9 Å². The van der Waals surface area contributed by atoms with E-state index in [0.29, 0.717) is 5.88 Å². The van der Waals surface area contributed by atoms with E-state index in [1.54, 1.807) is 11.3 Å². The Kier molecular flexibility index (Phi) is 3.62. The van der Waals surface area contributed by atoms with Gasteiger partial charge < -0.3 is 0 Å². The fourth-order valence-corrected chi connectivity index (χ4v) is 2.87. The molecule has 0 saturated carbocycles. The summed E-state index contributed by atoms with van der Waals surface area (Å²) in [4.78, 5) is 4.49. The number of halogens is 1. The number of nitrogens with zero attached hydrogens (tertiary/aromatic N) is 1. The Bertz CT molecular complexity index is 659. The summed E-state index contributed by atoms with van der Waals surface area (Å²) in [6.07, 6.45) is 0. The van der Waals surface area contributed by atoms with E-state index in [0.717, 1.165) is 16.3 Å². The molecule has 0 unspecified atom stereocenters. The van der Waals surface area contributed by atoms with Gasteiger partial charge in [-0.25, -0.2) is 4.98 Å². The maximum absolute atomic E-state index is 5.78. The number of thiazole rings is 1. The van der Waals surface area contributed by atoms with E-state index in [-0.39, 0.29) is 0 Å².